The molecule has 4 heteroatoms. The molecule has 1 N–H and O–H groups in total. The molecule has 0 radical (unpaired) electrons. The third kappa shape index (κ3) is 2.12. The Morgan fingerprint density at radius 2 is 2.18 bits per heavy atom. The molecule has 0 amide bonds. The van der Waals surface area contributed by atoms with Gasteiger partial charge in [0.05, 0.1) is 17.8 Å². The van der Waals surface area contributed by atoms with Crippen molar-refractivity contribution in [2.24, 2.45) is 0 Å². The Balaban J connectivity index is 2.70. The maximum atomic E-state index is 9.67. The quantitative estimate of drug-likeness (QED) is 0.850. The average molecular weight is 250 g/mol. The van der Waals surface area contributed by atoms with Crippen LogP contribution in [-0.2, 0) is 0 Å². The highest BCUT2D eigenvalue weighted by Crippen LogP contribution is 2.31. The summed E-state index contributed by atoms with van der Waals surface area (Å²) in [5.74, 6) is 0.627. The number of ether oxygens (including phenoxy) is 1. The van der Waals surface area contributed by atoms with Crippen LogP contribution in [0.25, 0.3) is 10.9 Å². The minimum absolute atomic E-state index is 0.521. The number of hydrogen-bond acceptors (Lipinski definition) is 3. The lowest BCUT2D eigenvalue weighted by Gasteiger charge is -2.09. The van der Waals surface area contributed by atoms with Crippen molar-refractivity contribution in [3.05, 3.63) is 47.6 Å². The van der Waals surface area contributed by atoms with E-state index < -0.39 is 6.10 Å². The normalized spacial score (nSPS) is 12.4. The molecule has 2 rings (SSSR count). The molecule has 0 saturated heterocycles. The number of rotatable bonds is 3. The second-order valence-electron chi connectivity index (χ2n) is 3.56. The SMILES string of the molecule is C=CC(O)c1ccc2c(Cl)ccc(OC)c2n1. The summed E-state index contributed by atoms with van der Waals surface area (Å²) in [4.78, 5) is 4.35. The van der Waals surface area contributed by atoms with Gasteiger partial charge in [0.15, 0.2) is 0 Å². The van der Waals surface area contributed by atoms with Crippen LogP contribution in [-0.4, -0.2) is 17.2 Å². The van der Waals surface area contributed by atoms with Crippen LogP contribution in [0.5, 0.6) is 5.75 Å². The molecule has 0 saturated carbocycles. The Morgan fingerprint density at radius 3 is 2.82 bits per heavy atom. The summed E-state index contributed by atoms with van der Waals surface area (Å²) in [5.41, 5.74) is 1.16. The largest absolute Gasteiger partial charge is 0.494 e. The lowest BCUT2D eigenvalue weighted by atomic mass is 10.1. The van der Waals surface area contributed by atoms with Crippen molar-refractivity contribution in [1.82, 2.24) is 4.98 Å². The van der Waals surface area contributed by atoms with Gasteiger partial charge in [-0.05, 0) is 24.3 Å². The second kappa shape index (κ2) is 4.73. The highest BCUT2D eigenvalue weighted by Gasteiger charge is 2.10. The zero-order chi connectivity index (χ0) is 12.4. The Morgan fingerprint density at radius 1 is 1.41 bits per heavy atom. The van der Waals surface area contributed by atoms with E-state index >= 15 is 0 Å². The first-order chi connectivity index (χ1) is 8.17. The van der Waals surface area contributed by atoms with Gasteiger partial charge in [-0.2, -0.15) is 0 Å². The van der Waals surface area contributed by atoms with Crippen LogP contribution in [0.15, 0.2) is 36.9 Å². The minimum Gasteiger partial charge on any atom is -0.494 e. The molecular weight excluding hydrogens is 238 g/mol. The summed E-state index contributed by atoms with van der Waals surface area (Å²) in [6.07, 6.45) is 0.633. The van der Waals surface area contributed by atoms with E-state index in [0.717, 1.165) is 5.39 Å². The fourth-order valence-electron chi connectivity index (χ4n) is 1.62. The summed E-state index contributed by atoms with van der Waals surface area (Å²) in [6.45, 7) is 3.53. The second-order valence-corrected chi connectivity index (χ2v) is 3.97. The number of nitrogens with zero attached hydrogens (tertiary/aromatic N) is 1. The first kappa shape index (κ1) is 11.9. The van der Waals surface area contributed by atoms with Crippen LogP contribution in [0.4, 0.5) is 0 Å². The lowest BCUT2D eigenvalue weighted by molar-refractivity contribution is 0.224. The third-order valence-corrected chi connectivity index (χ3v) is 2.86. The smallest absolute Gasteiger partial charge is 0.145 e. The van der Waals surface area contributed by atoms with E-state index in [4.69, 9.17) is 16.3 Å². The number of aliphatic hydroxyl groups excluding tert-OH is 1. The predicted octanol–water partition coefficient (Wildman–Crippen LogP) is 3.12. The van der Waals surface area contributed by atoms with Crippen molar-refractivity contribution in [2.45, 2.75) is 6.10 Å². The first-order valence-electron chi connectivity index (χ1n) is 5.11. The molecule has 1 aromatic heterocycles. The number of pyridine rings is 1. The maximum Gasteiger partial charge on any atom is 0.145 e. The summed E-state index contributed by atoms with van der Waals surface area (Å²) in [5, 5.41) is 11.1. The molecule has 0 aliphatic heterocycles. The van der Waals surface area contributed by atoms with Crippen LogP contribution < -0.4 is 4.74 Å². The van der Waals surface area contributed by atoms with Gasteiger partial charge in [0.1, 0.15) is 17.4 Å². The number of hydrogen-bond donors (Lipinski definition) is 1. The molecule has 17 heavy (non-hydrogen) atoms. The van der Waals surface area contributed by atoms with Gasteiger partial charge in [0.25, 0.3) is 0 Å². The van der Waals surface area contributed by atoms with Crippen molar-refractivity contribution < 1.29 is 9.84 Å². The summed E-state index contributed by atoms with van der Waals surface area (Å²) >= 11 is 6.07. The topological polar surface area (TPSA) is 42.4 Å². The summed E-state index contributed by atoms with van der Waals surface area (Å²) in [7, 11) is 1.57. The van der Waals surface area contributed by atoms with E-state index in [1.54, 1.807) is 25.3 Å². The number of benzene rings is 1. The number of aromatic nitrogens is 1. The standard InChI is InChI=1S/C13H12ClNO2/c1-3-11(16)10-6-4-8-9(14)5-7-12(17-2)13(8)15-10/h3-7,11,16H,1H2,2H3. The van der Waals surface area contributed by atoms with Gasteiger partial charge in [0, 0.05) is 5.39 Å². The van der Waals surface area contributed by atoms with Crippen LogP contribution in [0.3, 0.4) is 0 Å². The van der Waals surface area contributed by atoms with Gasteiger partial charge in [-0.25, -0.2) is 4.98 Å². The zero-order valence-corrected chi connectivity index (χ0v) is 10.1. The van der Waals surface area contributed by atoms with Gasteiger partial charge in [0.2, 0.25) is 0 Å². The van der Waals surface area contributed by atoms with E-state index in [2.05, 4.69) is 11.6 Å². The van der Waals surface area contributed by atoms with Crippen molar-refractivity contribution in [2.75, 3.05) is 7.11 Å². The minimum atomic E-state index is -0.789. The van der Waals surface area contributed by atoms with Crippen molar-refractivity contribution in [3.8, 4) is 5.75 Å². The molecule has 88 valence electrons. The lowest BCUT2D eigenvalue weighted by Crippen LogP contribution is -1.98. The highest BCUT2D eigenvalue weighted by molar-refractivity contribution is 6.35. The molecule has 0 bridgehead atoms. The van der Waals surface area contributed by atoms with Gasteiger partial charge < -0.3 is 9.84 Å². The summed E-state index contributed by atoms with van der Waals surface area (Å²) < 4.78 is 5.22. The van der Waals surface area contributed by atoms with E-state index in [1.165, 1.54) is 6.08 Å². The molecular formula is C13H12ClNO2. The maximum absolute atomic E-state index is 9.67. The molecule has 3 nitrogen and oxygen atoms in total. The fraction of sp³-hybridized carbons (Fsp3) is 0.154. The third-order valence-electron chi connectivity index (χ3n) is 2.53. The van der Waals surface area contributed by atoms with Gasteiger partial charge in [-0.1, -0.05) is 17.7 Å². The van der Waals surface area contributed by atoms with Gasteiger partial charge >= 0.3 is 0 Å². The Labute approximate surface area is 104 Å². The van der Waals surface area contributed by atoms with E-state index in [1.807, 2.05) is 6.07 Å². The molecule has 1 unspecified atom stereocenters. The van der Waals surface area contributed by atoms with E-state index in [0.29, 0.717) is 22.0 Å². The highest BCUT2D eigenvalue weighted by atomic mass is 35.5. The van der Waals surface area contributed by atoms with Crippen LogP contribution in [0.2, 0.25) is 5.02 Å². The number of aliphatic hydroxyl groups is 1. The molecule has 0 fully saturated rings. The molecule has 1 heterocycles. The van der Waals surface area contributed by atoms with Crippen molar-refractivity contribution in [1.29, 1.82) is 0 Å². The van der Waals surface area contributed by atoms with Crippen LogP contribution in [0, 0.1) is 0 Å². The molecule has 2 aromatic rings. The van der Waals surface area contributed by atoms with Crippen molar-refractivity contribution in [3.63, 3.8) is 0 Å². The van der Waals surface area contributed by atoms with Crippen molar-refractivity contribution >= 4 is 22.5 Å². The van der Waals surface area contributed by atoms with Gasteiger partial charge in [-0.15, -0.1) is 6.58 Å². The monoisotopic (exact) mass is 249 g/mol. The Hall–Kier alpha value is -1.58. The van der Waals surface area contributed by atoms with Gasteiger partial charge in [-0.3, -0.25) is 0 Å². The zero-order valence-electron chi connectivity index (χ0n) is 9.35. The van der Waals surface area contributed by atoms with E-state index in [9.17, 15) is 5.11 Å². The Kier molecular flexibility index (Phi) is 3.31. The van der Waals surface area contributed by atoms with Crippen LogP contribution >= 0.6 is 11.6 Å². The van der Waals surface area contributed by atoms with Crippen LogP contribution in [0.1, 0.15) is 11.8 Å². The summed E-state index contributed by atoms with van der Waals surface area (Å²) in [6, 6.07) is 7.05. The van der Waals surface area contributed by atoms with E-state index in [-0.39, 0.29) is 0 Å². The number of fused-ring (bicyclic) bond motifs is 1. The molecule has 0 aliphatic rings. The molecule has 0 spiro atoms. The molecule has 1 atom stereocenters. The molecule has 1 aromatic carbocycles. The fourth-order valence-corrected chi connectivity index (χ4v) is 1.84. The molecule has 0 aliphatic carbocycles. The first-order valence-corrected chi connectivity index (χ1v) is 5.49. The Bertz CT molecular complexity index is 569. The number of halogens is 1. The number of methoxy groups -OCH3 is 1. The predicted molar refractivity (Wildman–Crippen MR) is 68.5 cm³/mol. The average Bonchev–Trinajstić information content (AvgIpc) is 2.38.